The monoisotopic (exact) mass is 280 g/mol. The molecule has 0 atom stereocenters. The van der Waals surface area contributed by atoms with Crippen LogP contribution in [0.3, 0.4) is 0 Å². The smallest absolute Gasteiger partial charge is 0.401 e. The molecule has 108 valence electrons. The third kappa shape index (κ3) is 3.76. The molecule has 3 N–H and O–H groups in total. The van der Waals surface area contributed by atoms with Crippen LogP contribution in [-0.2, 0) is 0 Å². The summed E-state index contributed by atoms with van der Waals surface area (Å²) >= 11 is 0. The summed E-state index contributed by atoms with van der Waals surface area (Å²) in [5, 5.41) is 2.85. The Labute approximate surface area is 108 Å². The molecule has 0 bridgehead atoms. The predicted molar refractivity (Wildman–Crippen MR) is 62.5 cm³/mol. The zero-order chi connectivity index (χ0) is 14.0. The number of nitrogens with two attached hydrogens (primary N) is 1. The first kappa shape index (κ1) is 14.0. The molecule has 2 rings (SSSR count). The molecule has 0 amide bonds. The lowest BCUT2D eigenvalue weighted by molar-refractivity contribution is -0.148. The number of dihydropyridines is 1. The van der Waals surface area contributed by atoms with Gasteiger partial charge in [0.15, 0.2) is 5.83 Å². The summed E-state index contributed by atoms with van der Waals surface area (Å²) in [5.74, 6) is -0.145. The van der Waals surface area contributed by atoms with E-state index in [0.29, 0.717) is 31.2 Å². The lowest BCUT2D eigenvalue weighted by Crippen LogP contribution is -2.51. The molecule has 8 heteroatoms. The molecule has 0 unspecified atom stereocenters. The number of piperazine rings is 1. The molecule has 19 heavy (non-hydrogen) atoms. The highest BCUT2D eigenvalue weighted by Crippen LogP contribution is 2.20. The van der Waals surface area contributed by atoms with Gasteiger partial charge in [0.1, 0.15) is 5.82 Å². The summed E-state index contributed by atoms with van der Waals surface area (Å²) in [4.78, 5) is 3.03. The van der Waals surface area contributed by atoms with Gasteiger partial charge in [-0.15, -0.1) is 0 Å². The van der Waals surface area contributed by atoms with E-state index in [1.165, 1.54) is 11.0 Å². The third-order valence-corrected chi connectivity index (χ3v) is 3.09. The maximum atomic E-state index is 13.7. The Balaban J connectivity index is 1.92. The summed E-state index contributed by atoms with van der Waals surface area (Å²) in [7, 11) is 0. The minimum Gasteiger partial charge on any atom is -0.401 e. The zero-order valence-electron chi connectivity index (χ0n) is 10.3. The summed E-state index contributed by atoms with van der Waals surface area (Å²) in [5.41, 5.74) is 5.88. The number of hydrogen-bond donors (Lipinski definition) is 2. The lowest BCUT2D eigenvalue weighted by atomic mass is 10.2. The van der Waals surface area contributed by atoms with Gasteiger partial charge in [-0.2, -0.15) is 13.2 Å². The van der Waals surface area contributed by atoms with Gasteiger partial charge in [-0.05, 0) is 6.08 Å². The van der Waals surface area contributed by atoms with Crippen molar-refractivity contribution in [2.75, 3.05) is 39.3 Å². The minimum atomic E-state index is -4.19. The van der Waals surface area contributed by atoms with Crippen LogP contribution in [0.25, 0.3) is 0 Å². The highest BCUT2D eigenvalue weighted by molar-refractivity contribution is 5.27. The van der Waals surface area contributed by atoms with Crippen molar-refractivity contribution in [2.45, 2.75) is 6.18 Å². The molecule has 2 heterocycles. The summed E-state index contributed by atoms with van der Waals surface area (Å²) in [6.45, 7) is 0.682. The molecule has 0 saturated carbocycles. The average Bonchev–Trinajstić information content (AvgIpc) is 2.28. The number of nitrogens with one attached hydrogen (secondary N) is 1. The molecule has 4 nitrogen and oxygen atoms in total. The molecule has 0 radical (unpaired) electrons. The van der Waals surface area contributed by atoms with Crippen LogP contribution >= 0.6 is 0 Å². The molecule has 1 saturated heterocycles. The van der Waals surface area contributed by atoms with Crippen LogP contribution < -0.4 is 11.1 Å². The fraction of sp³-hybridized carbons (Fsp3) is 0.636. The quantitative estimate of drug-likeness (QED) is 0.733. The van der Waals surface area contributed by atoms with E-state index in [4.69, 9.17) is 5.73 Å². The van der Waals surface area contributed by atoms with Gasteiger partial charge in [-0.1, -0.05) is 0 Å². The van der Waals surface area contributed by atoms with E-state index in [0.717, 1.165) is 0 Å². The standard InChI is InChI=1S/C11H16F4N4/c12-9-5-8(16)6-17-10(9)19-3-1-18(2-4-19)7-11(13,14)15/h5,17H,1-4,6-7,16H2. The minimum absolute atomic E-state index is 0.261. The fourth-order valence-electron chi connectivity index (χ4n) is 2.20. The SMILES string of the molecule is NC1=CC(F)=C(N2CCN(CC(F)(F)F)CC2)NC1. The van der Waals surface area contributed by atoms with E-state index in [1.807, 2.05) is 0 Å². The zero-order valence-corrected chi connectivity index (χ0v) is 10.3. The summed E-state index contributed by atoms with van der Waals surface area (Å²) in [6, 6.07) is 0. The molecule has 0 spiro atoms. The predicted octanol–water partition coefficient (Wildman–Crippen LogP) is 0.751. The first-order chi connectivity index (χ1) is 8.85. The highest BCUT2D eigenvalue weighted by Gasteiger charge is 2.32. The number of allylic oxidation sites excluding steroid dienone is 2. The Morgan fingerprint density at radius 2 is 1.84 bits per heavy atom. The number of halogens is 4. The molecule has 0 aromatic rings. The third-order valence-electron chi connectivity index (χ3n) is 3.09. The van der Waals surface area contributed by atoms with E-state index < -0.39 is 18.5 Å². The van der Waals surface area contributed by atoms with Crippen LogP contribution in [0.15, 0.2) is 23.4 Å². The molecule has 0 aromatic heterocycles. The van der Waals surface area contributed by atoms with Crippen LogP contribution in [0, 0.1) is 0 Å². The molecule has 0 aromatic carbocycles. The van der Waals surface area contributed by atoms with Gasteiger partial charge in [0.05, 0.1) is 13.1 Å². The van der Waals surface area contributed by atoms with Crippen molar-refractivity contribution in [3.8, 4) is 0 Å². The van der Waals surface area contributed by atoms with Gasteiger partial charge < -0.3 is 16.0 Å². The van der Waals surface area contributed by atoms with Crippen LogP contribution in [0.1, 0.15) is 0 Å². The van der Waals surface area contributed by atoms with E-state index >= 15 is 0 Å². The number of nitrogens with zero attached hydrogens (tertiary/aromatic N) is 2. The fourth-order valence-corrected chi connectivity index (χ4v) is 2.20. The average molecular weight is 280 g/mol. The van der Waals surface area contributed by atoms with Gasteiger partial charge in [-0.25, -0.2) is 4.39 Å². The first-order valence-electron chi connectivity index (χ1n) is 5.99. The highest BCUT2D eigenvalue weighted by atomic mass is 19.4. The Hall–Kier alpha value is -1.44. The molecule has 1 fully saturated rings. The summed E-state index contributed by atoms with van der Waals surface area (Å²) in [6.07, 6.45) is -2.94. The Morgan fingerprint density at radius 3 is 2.37 bits per heavy atom. The molecule has 2 aliphatic heterocycles. The van der Waals surface area contributed by atoms with Crippen molar-refractivity contribution in [3.05, 3.63) is 23.4 Å². The van der Waals surface area contributed by atoms with Crippen molar-refractivity contribution >= 4 is 0 Å². The van der Waals surface area contributed by atoms with Crippen molar-refractivity contribution < 1.29 is 17.6 Å². The molecule has 2 aliphatic rings. The van der Waals surface area contributed by atoms with E-state index in [2.05, 4.69) is 5.32 Å². The Bertz CT molecular complexity index is 394. The second-order valence-electron chi connectivity index (χ2n) is 4.65. The van der Waals surface area contributed by atoms with Gasteiger partial charge in [0, 0.05) is 31.9 Å². The summed E-state index contributed by atoms with van der Waals surface area (Å²) < 4.78 is 50.4. The van der Waals surface area contributed by atoms with E-state index in [1.54, 1.807) is 4.90 Å². The first-order valence-corrected chi connectivity index (χ1v) is 5.99. The van der Waals surface area contributed by atoms with Gasteiger partial charge in [0.2, 0.25) is 0 Å². The lowest BCUT2D eigenvalue weighted by Gasteiger charge is -2.38. The molecule has 0 aliphatic carbocycles. The second kappa shape index (κ2) is 5.28. The Kier molecular flexibility index (Phi) is 3.88. The van der Waals surface area contributed by atoms with Crippen molar-refractivity contribution in [1.29, 1.82) is 0 Å². The van der Waals surface area contributed by atoms with E-state index in [9.17, 15) is 17.6 Å². The van der Waals surface area contributed by atoms with Gasteiger partial charge in [-0.3, -0.25) is 4.90 Å². The maximum Gasteiger partial charge on any atom is 0.401 e. The van der Waals surface area contributed by atoms with Crippen molar-refractivity contribution in [2.24, 2.45) is 5.73 Å². The Morgan fingerprint density at radius 1 is 1.21 bits per heavy atom. The van der Waals surface area contributed by atoms with Crippen molar-refractivity contribution in [3.63, 3.8) is 0 Å². The molecular formula is C11H16F4N4. The number of rotatable bonds is 2. The second-order valence-corrected chi connectivity index (χ2v) is 4.65. The maximum absolute atomic E-state index is 13.7. The van der Waals surface area contributed by atoms with Crippen LogP contribution in [0.5, 0.6) is 0 Å². The largest absolute Gasteiger partial charge is 0.401 e. The van der Waals surface area contributed by atoms with Crippen molar-refractivity contribution in [1.82, 2.24) is 15.1 Å². The van der Waals surface area contributed by atoms with Crippen LogP contribution in [-0.4, -0.2) is 55.2 Å². The number of alkyl halides is 3. The van der Waals surface area contributed by atoms with Gasteiger partial charge in [0.25, 0.3) is 0 Å². The van der Waals surface area contributed by atoms with E-state index in [-0.39, 0.29) is 13.1 Å². The van der Waals surface area contributed by atoms with Crippen LogP contribution in [0.4, 0.5) is 17.6 Å². The normalized spacial score (nSPS) is 22.3. The van der Waals surface area contributed by atoms with Crippen LogP contribution in [0.2, 0.25) is 0 Å². The topological polar surface area (TPSA) is 44.5 Å². The van der Waals surface area contributed by atoms with Gasteiger partial charge >= 0.3 is 6.18 Å². The number of hydrogen-bond acceptors (Lipinski definition) is 4. The molecular weight excluding hydrogens is 264 g/mol.